The Morgan fingerprint density at radius 1 is 1.57 bits per heavy atom. The van der Waals surface area contributed by atoms with Gasteiger partial charge in [-0.05, 0) is 20.4 Å². The molecule has 1 unspecified atom stereocenters. The number of carboxylic acids is 1. The molecule has 0 spiro atoms. The lowest BCUT2D eigenvalue weighted by atomic mass is 9.94. The summed E-state index contributed by atoms with van der Waals surface area (Å²) in [6.07, 6.45) is 1.52. The number of carbonyl (C=O) groups is 1. The molecule has 0 heterocycles. The van der Waals surface area contributed by atoms with Gasteiger partial charge in [-0.15, -0.1) is 0 Å². The van der Waals surface area contributed by atoms with Crippen LogP contribution in [0.5, 0.6) is 0 Å². The molecule has 0 saturated heterocycles. The molecule has 0 aromatic carbocycles. The summed E-state index contributed by atoms with van der Waals surface area (Å²) in [6, 6.07) is 0. The lowest BCUT2D eigenvalue weighted by Crippen LogP contribution is -2.51. The van der Waals surface area contributed by atoms with Gasteiger partial charge < -0.3 is 9.84 Å². The maximum atomic E-state index is 11.1. The predicted molar refractivity (Wildman–Crippen MR) is 55.5 cm³/mol. The number of aliphatic carboxylic acids is 1. The highest BCUT2D eigenvalue weighted by atomic mass is 16.5. The van der Waals surface area contributed by atoms with Crippen LogP contribution in [0.25, 0.3) is 0 Å². The van der Waals surface area contributed by atoms with Gasteiger partial charge in [0.25, 0.3) is 0 Å². The van der Waals surface area contributed by atoms with E-state index in [0.717, 1.165) is 6.42 Å². The Labute approximate surface area is 85.9 Å². The van der Waals surface area contributed by atoms with E-state index in [-0.39, 0.29) is 0 Å². The molecule has 0 aliphatic heterocycles. The van der Waals surface area contributed by atoms with Crippen molar-refractivity contribution >= 4 is 5.97 Å². The van der Waals surface area contributed by atoms with Crippen molar-refractivity contribution in [3.05, 3.63) is 0 Å². The molecule has 4 nitrogen and oxygen atoms in total. The van der Waals surface area contributed by atoms with Gasteiger partial charge >= 0.3 is 5.97 Å². The van der Waals surface area contributed by atoms with Gasteiger partial charge in [0.15, 0.2) is 0 Å². The van der Waals surface area contributed by atoms with Gasteiger partial charge in [0, 0.05) is 13.7 Å². The second kappa shape index (κ2) is 5.98. The molecule has 4 heteroatoms. The number of carboxylic acid groups (broad SMARTS) is 1. The first-order valence-corrected chi connectivity index (χ1v) is 4.92. The Balaban J connectivity index is 4.39. The Kier molecular flexibility index (Phi) is 5.72. The van der Waals surface area contributed by atoms with E-state index in [2.05, 4.69) is 0 Å². The average Bonchev–Trinajstić information content (AvgIpc) is 2.14. The normalized spacial score (nSPS) is 15.5. The standard InChI is InChI=1S/C10H21NO3/c1-5-6-10(2,9(12)13)11(3)7-8-14-4/h5-8H2,1-4H3,(H,12,13). The fourth-order valence-electron chi connectivity index (χ4n) is 1.42. The van der Waals surface area contributed by atoms with Crippen LogP contribution in [-0.2, 0) is 9.53 Å². The Morgan fingerprint density at radius 2 is 2.14 bits per heavy atom. The number of rotatable bonds is 7. The van der Waals surface area contributed by atoms with Gasteiger partial charge in [0.05, 0.1) is 6.61 Å². The van der Waals surface area contributed by atoms with Gasteiger partial charge in [-0.2, -0.15) is 0 Å². The van der Waals surface area contributed by atoms with E-state index < -0.39 is 11.5 Å². The van der Waals surface area contributed by atoms with Crippen LogP contribution in [0, 0.1) is 0 Å². The predicted octanol–water partition coefficient (Wildman–Crippen LogP) is 1.21. The highest BCUT2D eigenvalue weighted by Gasteiger charge is 2.36. The maximum absolute atomic E-state index is 11.1. The Morgan fingerprint density at radius 3 is 2.50 bits per heavy atom. The monoisotopic (exact) mass is 203 g/mol. The summed E-state index contributed by atoms with van der Waals surface area (Å²) < 4.78 is 4.93. The van der Waals surface area contributed by atoms with Crippen molar-refractivity contribution < 1.29 is 14.6 Å². The van der Waals surface area contributed by atoms with Crippen LogP contribution in [0.15, 0.2) is 0 Å². The second-order valence-corrected chi connectivity index (χ2v) is 3.74. The van der Waals surface area contributed by atoms with Crippen molar-refractivity contribution in [2.45, 2.75) is 32.2 Å². The van der Waals surface area contributed by atoms with Crippen molar-refractivity contribution in [1.29, 1.82) is 0 Å². The summed E-state index contributed by atoms with van der Waals surface area (Å²) in [5.41, 5.74) is -0.771. The van der Waals surface area contributed by atoms with E-state index >= 15 is 0 Å². The van der Waals surface area contributed by atoms with Crippen LogP contribution < -0.4 is 0 Å². The first-order chi connectivity index (χ1) is 6.49. The van der Waals surface area contributed by atoms with E-state index in [1.165, 1.54) is 0 Å². The summed E-state index contributed by atoms with van der Waals surface area (Å²) >= 11 is 0. The average molecular weight is 203 g/mol. The quantitative estimate of drug-likeness (QED) is 0.675. The number of nitrogens with zero attached hydrogens (tertiary/aromatic N) is 1. The highest BCUT2D eigenvalue weighted by Crippen LogP contribution is 2.19. The van der Waals surface area contributed by atoms with Crippen molar-refractivity contribution in [3.63, 3.8) is 0 Å². The van der Waals surface area contributed by atoms with E-state index in [1.807, 2.05) is 18.9 Å². The lowest BCUT2D eigenvalue weighted by Gasteiger charge is -2.34. The van der Waals surface area contributed by atoms with Gasteiger partial charge in [0.2, 0.25) is 0 Å². The molecule has 84 valence electrons. The third-order valence-electron chi connectivity index (χ3n) is 2.67. The number of hydrogen-bond donors (Lipinski definition) is 1. The largest absolute Gasteiger partial charge is 0.480 e. The third-order valence-corrected chi connectivity index (χ3v) is 2.67. The van der Waals surface area contributed by atoms with Gasteiger partial charge in [-0.3, -0.25) is 9.69 Å². The molecule has 0 aromatic rings. The van der Waals surface area contributed by atoms with Crippen LogP contribution in [0.1, 0.15) is 26.7 Å². The van der Waals surface area contributed by atoms with Crippen molar-refractivity contribution in [1.82, 2.24) is 4.90 Å². The zero-order chi connectivity index (χ0) is 11.2. The van der Waals surface area contributed by atoms with Gasteiger partial charge in [0.1, 0.15) is 5.54 Å². The third kappa shape index (κ3) is 3.27. The van der Waals surface area contributed by atoms with E-state index in [9.17, 15) is 4.79 Å². The highest BCUT2D eigenvalue weighted by molar-refractivity contribution is 5.78. The molecular weight excluding hydrogens is 182 g/mol. The van der Waals surface area contributed by atoms with Crippen molar-refractivity contribution in [3.8, 4) is 0 Å². The maximum Gasteiger partial charge on any atom is 0.323 e. The molecule has 0 rings (SSSR count). The summed E-state index contributed by atoms with van der Waals surface area (Å²) in [5, 5.41) is 9.15. The van der Waals surface area contributed by atoms with Gasteiger partial charge in [-0.25, -0.2) is 0 Å². The summed E-state index contributed by atoms with van der Waals surface area (Å²) in [6.45, 7) is 4.95. The molecule has 0 aromatic heterocycles. The molecule has 0 fully saturated rings. The molecule has 1 N–H and O–H groups in total. The minimum absolute atomic E-state index is 0.559. The molecule has 1 atom stereocenters. The zero-order valence-electron chi connectivity index (χ0n) is 9.54. The molecular formula is C10H21NO3. The van der Waals surface area contributed by atoms with E-state index in [0.29, 0.717) is 19.6 Å². The first kappa shape index (κ1) is 13.4. The fraction of sp³-hybridized carbons (Fsp3) is 0.900. The van der Waals surface area contributed by atoms with Crippen molar-refractivity contribution in [2.24, 2.45) is 0 Å². The van der Waals surface area contributed by atoms with Crippen LogP contribution in [0.4, 0.5) is 0 Å². The summed E-state index contributed by atoms with van der Waals surface area (Å²) in [5.74, 6) is -0.766. The van der Waals surface area contributed by atoms with E-state index in [1.54, 1.807) is 14.0 Å². The van der Waals surface area contributed by atoms with Crippen molar-refractivity contribution in [2.75, 3.05) is 27.3 Å². The smallest absolute Gasteiger partial charge is 0.323 e. The molecule has 0 aliphatic rings. The number of methoxy groups -OCH3 is 1. The summed E-state index contributed by atoms with van der Waals surface area (Å²) in [4.78, 5) is 13.0. The minimum atomic E-state index is -0.771. The SMILES string of the molecule is CCCC(C)(C(=O)O)N(C)CCOC. The molecule has 0 radical (unpaired) electrons. The zero-order valence-corrected chi connectivity index (χ0v) is 9.54. The van der Waals surface area contributed by atoms with Crippen LogP contribution >= 0.6 is 0 Å². The van der Waals surface area contributed by atoms with Crippen LogP contribution in [0.3, 0.4) is 0 Å². The molecule has 0 saturated carbocycles. The molecule has 0 amide bonds. The van der Waals surface area contributed by atoms with E-state index in [4.69, 9.17) is 9.84 Å². The first-order valence-electron chi connectivity index (χ1n) is 4.92. The molecule has 0 bridgehead atoms. The number of likely N-dealkylation sites (N-methyl/N-ethyl adjacent to an activating group) is 1. The van der Waals surface area contributed by atoms with Crippen LogP contribution in [-0.4, -0.2) is 48.8 Å². The Hall–Kier alpha value is -0.610. The topological polar surface area (TPSA) is 49.8 Å². The number of hydrogen-bond acceptors (Lipinski definition) is 3. The molecule has 0 aliphatic carbocycles. The van der Waals surface area contributed by atoms with Crippen LogP contribution in [0.2, 0.25) is 0 Å². The Bertz CT molecular complexity index is 184. The molecule has 14 heavy (non-hydrogen) atoms. The lowest BCUT2D eigenvalue weighted by molar-refractivity contribution is -0.150. The summed E-state index contributed by atoms with van der Waals surface area (Å²) in [7, 11) is 3.44. The second-order valence-electron chi connectivity index (χ2n) is 3.74. The van der Waals surface area contributed by atoms with Gasteiger partial charge in [-0.1, -0.05) is 13.3 Å². The number of ether oxygens (including phenoxy) is 1. The fourth-order valence-corrected chi connectivity index (χ4v) is 1.42. The minimum Gasteiger partial charge on any atom is -0.480 e.